The fourth-order valence-corrected chi connectivity index (χ4v) is 3.21. The zero-order valence-corrected chi connectivity index (χ0v) is 15.5. The number of amides is 1. The van der Waals surface area contributed by atoms with Gasteiger partial charge in [-0.05, 0) is 24.3 Å². The lowest BCUT2D eigenvalue weighted by molar-refractivity contribution is 0.0743. The number of piperazine rings is 1. The van der Waals surface area contributed by atoms with Crippen LogP contribution in [0.5, 0.6) is 11.5 Å². The molecule has 1 saturated heterocycles. The topological polar surface area (TPSA) is 65.8 Å². The number of halogens is 2. The molecule has 0 N–H and O–H groups in total. The molecule has 8 heteroatoms. The second-order valence-electron chi connectivity index (χ2n) is 6.25. The van der Waals surface area contributed by atoms with Gasteiger partial charge in [-0.2, -0.15) is 5.26 Å². The zero-order valence-electron chi connectivity index (χ0n) is 15.5. The van der Waals surface area contributed by atoms with Gasteiger partial charge in [0, 0.05) is 32.2 Å². The van der Waals surface area contributed by atoms with Crippen molar-refractivity contribution in [2.75, 3.05) is 45.3 Å². The molecule has 2 aromatic rings. The number of carbonyl (C=O) groups is 1. The molecule has 0 aromatic heterocycles. The minimum atomic E-state index is -0.784. The lowest BCUT2D eigenvalue weighted by atomic mass is 10.1. The number of methoxy groups -OCH3 is 2. The van der Waals surface area contributed by atoms with E-state index in [2.05, 4.69) is 0 Å². The lowest BCUT2D eigenvalue weighted by Gasteiger charge is -2.36. The first-order valence-corrected chi connectivity index (χ1v) is 8.64. The summed E-state index contributed by atoms with van der Waals surface area (Å²) >= 11 is 0. The van der Waals surface area contributed by atoms with Crippen molar-refractivity contribution in [3.63, 3.8) is 0 Å². The van der Waals surface area contributed by atoms with Crippen LogP contribution in [0.15, 0.2) is 30.3 Å². The van der Waals surface area contributed by atoms with Gasteiger partial charge in [-0.15, -0.1) is 0 Å². The average molecular weight is 387 g/mol. The second-order valence-corrected chi connectivity index (χ2v) is 6.25. The molecule has 0 atom stereocenters. The predicted molar refractivity (Wildman–Crippen MR) is 98.7 cm³/mol. The molecule has 0 saturated carbocycles. The Morgan fingerprint density at radius 3 is 2.21 bits per heavy atom. The Labute approximate surface area is 161 Å². The molecule has 2 aromatic carbocycles. The number of nitrogens with zero attached hydrogens (tertiary/aromatic N) is 3. The second kappa shape index (κ2) is 8.13. The molecule has 0 unspecified atom stereocenters. The number of anilines is 1. The summed E-state index contributed by atoms with van der Waals surface area (Å²) in [5.41, 5.74) is 0.153. The van der Waals surface area contributed by atoms with Crippen LogP contribution < -0.4 is 14.4 Å². The summed E-state index contributed by atoms with van der Waals surface area (Å²) < 4.78 is 38.9. The van der Waals surface area contributed by atoms with E-state index in [4.69, 9.17) is 14.7 Å². The summed E-state index contributed by atoms with van der Waals surface area (Å²) in [6.07, 6.45) is 0. The van der Waals surface area contributed by atoms with E-state index in [0.29, 0.717) is 30.2 Å². The number of hydrogen-bond acceptors (Lipinski definition) is 5. The molecule has 1 fully saturated rings. The molecule has 28 heavy (non-hydrogen) atoms. The minimum Gasteiger partial charge on any atom is -0.497 e. The highest BCUT2D eigenvalue weighted by molar-refractivity contribution is 5.97. The monoisotopic (exact) mass is 387 g/mol. The van der Waals surface area contributed by atoms with Gasteiger partial charge in [0.15, 0.2) is 11.6 Å². The van der Waals surface area contributed by atoms with E-state index < -0.39 is 11.6 Å². The van der Waals surface area contributed by atoms with Gasteiger partial charge in [0.2, 0.25) is 0 Å². The Balaban J connectivity index is 1.74. The van der Waals surface area contributed by atoms with Crippen LogP contribution in [0.3, 0.4) is 0 Å². The van der Waals surface area contributed by atoms with Gasteiger partial charge in [0.05, 0.1) is 31.4 Å². The molecule has 0 aliphatic carbocycles. The van der Waals surface area contributed by atoms with Gasteiger partial charge >= 0.3 is 0 Å². The molecule has 1 aliphatic rings. The van der Waals surface area contributed by atoms with Crippen LogP contribution in [0.1, 0.15) is 15.9 Å². The SMILES string of the molecule is COc1ccc(C(=O)N2CCN(c3c(F)cc(C#N)cc3F)CC2)c(OC)c1. The third kappa shape index (κ3) is 3.69. The van der Waals surface area contributed by atoms with Crippen molar-refractivity contribution in [1.29, 1.82) is 5.26 Å². The quantitative estimate of drug-likeness (QED) is 0.807. The molecule has 0 radical (unpaired) electrons. The Kier molecular flexibility index (Phi) is 5.64. The molecule has 146 valence electrons. The van der Waals surface area contributed by atoms with E-state index in [-0.39, 0.29) is 30.2 Å². The van der Waals surface area contributed by atoms with Crippen LogP contribution in [-0.2, 0) is 0 Å². The fourth-order valence-electron chi connectivity index (χ4n) is 3.21. The number of carbonyl (C=O) groups excluding carboxylic acids is 1. The summed E-state index contributed by atoms with van der Waals surface area (Å²) in [6, 6.07) is 8.69. The summed E-state index contributed by atoms with van der Waals surface area (Å²) in [5.74, 6) is -0.817. The predicted octanol–water partition coefficient (Wildman–Crippen LogP) is 2.82. The Morgan fingerprint density at radius 2 is 1.68 bits per heavy atom. The fraction of sp³-hybridized carbons (Fsp3) is 0.300. The Bertz CT molecular complexity index is 912. The van der Waals surface area contributed by atoms with Crippen LogP contribution in [0.25, 0.3) is 0 Å². The van der Waals surface area contributed by atoms with E-state index in [0.717, 1.165) is 12.1 Å². The van der Waals surface area contributed by atoms with Crippen LogP contribution in [0.4, 0.5) is 14.5 Å². The first-order chi connectivity index (χ1) is 13.5. The van der Waals surface area contributed by atoms with Crippen LogP contribution in [0.2, 0.25) is 0 Å². The number of ether oxygens (including phenoxy) is 2. The van der Waals surface area contributed by atoms with Crippen molar-refractivity contribution in [2.45, 2.75) is 0 Å². The normalized spacial score (nSPS) is 13.8. The number of nitriles is 1. The molecule has 1 aliphatic heterocycles. The van der Waals surface area contributed by atoms with E-state index in [1.54, 1.807) is 34.1 Å². The van der Waals surface area contributed by atoms with E-state index in [1.807, 2.05) is 0 Å². The smallest absolute Gasteiger partial charge is 0.257 e. The molecule has 3 rings (SSSR count). The molecular formula is C20H19F2N3O3. The van der Waals surface area contributed by atoms with Gasteiger partial charge in [-0.25, -0.2) is 8.78 Å². The van der Waals surface area contributed by atoms with Crippen LogP contribution >= 0.6 is 0 Å². The highest BCUT2D eigenvalue weighted by Crippen LogP contribution is 2.28. The highest BCUT2D eigenvalue weighted by Gasteiger charge is 2.27. The summed E-state index contributed by atoms with van der Waals surface area (Å²) in [7, 11) is 3.00. The minimum absolute atomic E-state index is 0.0702. The lowest BCUT2D eigenvalue weighted by Crippen LogP contribution is -2.49. The zero-order chi connectivity index (χ0) is 20.3. The summed E-state index contributed by atoms with van der Waals surface area (Å²) in [5, 5.41) is 8.81. The summed E-state index contributed by atoms with van der Waals surface area (Å²) in [6.45, 7) is 1.13. The number of benzene rings is 2. The molecular weight excluding hydrogens is 368 g/mol. The first-order valence-electron chi connectivity index (χ1n) is 8.64. The maximum Gasteiger partial charge on any atom is 0.257 e. The molecule has 0 spiro atoms. The number of hydrogen-bond donors (Lipinski definition) is 0. The largest absolute Gasteiger partial charge is 0.497 e. The molecule has 6 nitrogen and oxygen atoms in total. The van der Waals surface area contributed by atoms with Gasteiger partial charge in [-0.3, -0.25) is 4.79 Å². The van der Waals surface area contributed by atoms with Crippen molar-refractivity contribution in [2.24, 2.45) is 0 Å². The Morgan fingerprint density at radius 1 is 1.04 bits per heavy atom. The van der Waals surface area contributed by atoms with Gasteiger partial charge in [-0.1, -0.05) is 0 Å². The maximum atomic E-state index is 14.2. The van der Waals surface area contributed by atoms with E-state index in [1.165, 1.54) is 14.2 Å². The molecule has 0 bridgehead atoms. The van der Waals surface area contributed by atoms with Gasteiger partial charge in [0.25, 0.3) is 5.91 Å². The third-order valence-electron chi connectivity index (χ3n) is 4.67. The van der Waals surface area contributed by atoms with E-state index >= 15 is 0 Å². The molecule has 1 heterocycles. The molecule has 1 amide bonds. The standard InChI is InChI=1S/C20H19F2N3O3/c1-27-14-3-4-15(18(11-14)28-2)20(26)25-7-5-24(6-8-25)19-16(21)9-13(12-23)10-17(19)22/h3-4,9-11H,5-8H2,1-2H3. The van der Waals surface area contributed by atoms with Gasteiger partial charge in [0.1, 0.15) is 17.2 Å². The van der Waals surface area contributed by atoms with Crippen LogP contribution in [0, 0.1) is 23.0 Å². The van der Waals surface area contributed by atoms with Gasteiger partial charge < -0.3 is 19.3 Å². The van der Waals surface area contributed by atoms with Crippen LogP contribution in [-0.4, -0.2) is 51.2 Å². The first kappa shape index (κ1) is 19.4. The number of rotatable bonds is 4. The van der Waals surface area contributed by atoms with Crippen molar-refractivity contribution >= 4 is 11.6 Å². The Hall–Kier alpha value is -3.34. The average Bonchev–Trinajstić information content (AvgIpc) is 2.72. The highest BCUT2D eigenvalue weighted by atomic mass is 19.1. The summed E-state index contributed by atoms with van der Waals surface area (Å²) in [4.78, 5) is 16.0. The van der Waals surface area contributed by atoms with Crippen molar-refractivity contribution < 1.29 is 23.0 Å². The maximum absolute atomic E-state index is 14.2. The van der Waals surface area contributed by atoms with E-state index in [9.17, 15) is 13.6 Å². The van der Waals surface area contributed by atoms with Crippen molar-refractivity contribution in [3.05, 3.63) is 53.1 Å². The van der Waals surface area contributed by atoms with Crippen molar-refractivity contribution in [1.82, 2.24) is 4.90 Å². The third-order valence-corrected chi connectivity index (χ3v) is 4.67. The van der Waals surface area contributed by atoms with Crippen molar-refractivity contribution in [3.8, 4) is 17.6 Å².